The molecule has 1 unspecified atom stereocenters. The molecule has 0 saturated heterocycles. The van der Waals surface area contributed by atoms with Crippen LogP contribution in [-0.4, -0.2) is 26.6 Å². The Morgan fingerprint density at radius 2 is 1.87 bits per heavy atom. The molecule has 0 aliphatic heterocycles. The molecule has 0 radical (unpaired) electrons. The number of hydrogen-bond acceptors (Lipinski definition) is 3. The first-order chi connectivity index (χ1) is 14.4. The van der Waals surface area contributed by atoms with Gasteiger partial charge in [0.1, 0.15) is 11.5 Å². The first-order valence-electron chi connectivity index (χ1n) is 9.81. The smallest absolute Gasteiger partial charge is 0.279 e. The van der Waals surface area contributed by atoms with Crippen molar-refractivity contribution in [1.82, 2.24) is 14.7 Å². The minimum atomic E-state index is -0.483. The maximum absolute atomic E-state index is 14.3. The fourth-order valence-electron chi connectivity index (χ4n) is 3.60. The van der Waals surface area contributed by atoms with Crippen LogP contribution in [0.1, 0.15) is 47.6 Å². The number of hydrogen-bond donors (Lipinski definition) is 0. The number of carbonyl (C=O) groups is 1. The summed E-state index contributed by atoms with van der Waals surface area (Å²) in [5.74, 6) is -0.932. The minimum Gasteiger partial charge on any atom is -0.327 e. The Labute approximate surface area is 178 Å². The molecule has 2 aromatic carbocycles. The highest BCUT2D eigenvalue weighted by Gasteiger charge is 2.38. The molecule has 1 amide bonds. The van der Waals surface area contributed by atoms with Gasteiger partial charge in [-0.1, -0.05) is 35.9 Å². The van der Waals surface area contributed by atoms with Crippen molar-refractivity contribution in [2.24, 2.45) is 0 Å². The normalized spacial score (nSPS) is 14.4. The van der Waals surface area contributed by atoms with Crippen LogP contribution in [0.5, 0.6) is 0 Å². The van der Waals surface area contributed by atoms with E-state index in [2.05, 4.69) is 5.10 Å². The molecule has 1 atom stereocenters. The minimum absolute atomic E-state index is 0.0487. The van der Waals surface area contributed by atoms with E-state index in [9.17, 15) is 14.0 Å². The first kappa shape index (κ1) is 20.3. The molecule has 1 aromatic heterocycles. The number of benzene rings is 2. The monoisotopic (exact) mass is 425 g/mol. The van der Waals surface area contributed by atoms with E-state index in [0.29, 0.717) is 10.7 Å². The van der Waals surface area contributed by atoms with Gasteiger partial charge < -0.3 is 4.90 Å². The molecule has 1 fully saturated rings. The van der Waals surface area contributed by atoms with Crippen molar-refractivity contribution in [2.75, 3.05) is 0 Å². The number of halogens is 2. The highest BCUT2D eigenvalue weighted by atomic mass is 35.5. The summed E-state index contributed by atoms with van der Waals surface area (Å²) in [6.45, 7) is 3.58. The van der Waals surface area contributed by atoms with Crippen LogP contribution < -0.4 is 5.43 Å². The SMILES string of the molecule is Cc1cc(=O)c(C(=O)N(C2CC2)C(C)c2ccc(Cl)cc2)nn1-c1ccccc1F. The molecule has 1 aliphatic carbocycles. The van der Waals surface area contributed by atoms with Crippen molar-refractivity contribution in [3.8, 4) is 5.69 Å². The van der Waals surface area contributed by atoms with Gasteiger partial charge >= 0.3 is 0 Å². The Morgan fingerprint density at radius 3 is 2.50 bits per heavy atom. The molecular weight excluding hydrogens is 405 g/mol. The van der Waals surface area contributed by atoms with Gasteiger partial charge in [-0.05, 0) is 56.5 Å². The summed E-state index contributed by atoms with van der Waals surface area (Å²) >= 11 is 5.99. The highest BCUT2D eigenvalue weighted by Crippen LogP contribution is 2.35. The van der Waals surface area contributed by atoms with Crippen molar-refractivity contribution in [1.29, 1.82) is 0 Å². The van der Waals surface area contributed by atoms with E-state index in [1.807, 2.05) is 19.1 Å². The molecule has 1 aliphatic rings. The van der Waals surface area contributed by atoms with Crippen LogP contribution in [-0.2, 0) is 0 Å². The number of amides is 1. The molecule has 30 heavy (non-hydrogen) atoms. The van der Waals surface area contributed by atoms with Gasteiger partial charge in [0.05, 0.1) is 6.04 Å². The summed E-state index contributed by atoms with van der Waals surface area (Å²) in [5, 5.41) is 4.89. The molecule has 5 nitrogen and oxygen atoms in total. The van der Waals surface area contributed by atoms with Crippen LogP contribution in [0, 0.1) is 12.7 Å². The molecule has 154 valence electrons. The molecule has 0 spiro atoms. The number of carbonyl (C=O) groups excluding carboxylic acids is 1. The van der Waals surface area contributed by atoms with E-state index in [0.717, 1.165) is 18.4 Å². The lowest BCUT2D eigenvalue weighted by Gasteiger charge is -2.29. The quantitative estimate of drug-likeness (QED) is 0.595. The predicted molar refractivity (Wildman–Crippen MR) is 114 cm³/mol. The van der Waals surface area contributed by atoms with E-state index < -0.39 is 17.2 Å². The van der Waals surface area contributed by atoms with Gasteiger partial charge in [0.2, 0.25) is 5.43 Å². The molecule has 7 heteroatoms. The maximum Gasteiger partial charge on any atom is 0.279 e. The van der Waals surface area contributed by atoms with Crippen LogP contribution in [0.15, 0.2) is 59.4 Å². The molecule has 1 heterocycles. The molecule has 0 N–H and O–H groups in total. The highest BCUT2D eigenvalue weighted by molar-refractivity contribution is 6.30. The van der Waals surface area contributed by atoms with Crippen LogP contribution >= 0.6 is 11.6 Å². The van der Waals surface area contributed by atoms with E-state index in [1.165, 1.54) is 16.8 Å². The summed E-state index contributed by atoms with van der Waals surface area (Å²) < 4.78 is 15.6. The van der Waals surface area contributed by atoms with E-state index in [4.69, 9.17) is 11.6 Å². The van der Waals surface area contributed by atoms with Crippen LogP contribution in [0.2, 0.25) is 5.02 Å². The third kappa shape index (κ3) is 3.87. The third-order valence-electron chi connectivity index (χ3n) is 5.34. The Balaban J connectivity index is 1.75. The second kappa shape index (κ2) is 8.03. The summed E-state index contributed by atoms with van der Waals surface area (Å²) in [6.07, 6.45) is 1.74. The fraction of sp³-hybridized carbons (Fsp3) is 0.261. The van der Waals surface area contributed by atoms with Gasteiger partial charge in [-0.25, -0.2) is 9.07 Å². The maximum atomic E-state index is 14.3. The number of rotatable bonds is 5. The lowest BCUT2D eigenvalue weighted by atomic mass is 10.1. The lowest BCUT2D eigenvalue weighted by molar-refractivity contribution is 0.0664. The van der Waals surface area contributed by atoms with Crippen molar-refractivity contribution in [2.45, 2.75) is 38.8 Å². The Hall–Kier alpha value is -2.99. The third-order valence-corrected chi connectivity index (χ3v) is 5.59. The van der Waals surface area contributed by atoms with Gasteiger partial charge in [0.15, 0.2) is 5.69 Å². The van der Waals surface area contributed by atoms with Gasteiger partial charge in [-0.15, -0.1) is 0 Å². The average molecular weight is 426 g/mol. The lowest BCUT2D eigenvalue weighted by Crippen LogP contribution is -2.39. The average Bonchev–Trinajstić information content (AvgIpc) is 3.54. The fourth-order valence-corrected chi connectivity index (χ4v) is 3.72. The molecule has 0 bridgehead atoms. The van der Waals surface area contributed by atoms with E-state index in [-0.39, 0.29) is 23.5 Å². The number of aryl methyl sites for hydroxylation is 1. The van der Waals surface area contributed by atoms with Crippen LogP contribution in [0.25, 0.3) is 5.69 Å². The van der Waals surface area contributed by atoms with Crippen molar-refractivity contribution < 1.29 is 9.18 Å². The Morgan fingerprint density at radius 1 is 1.20 bits per heavy atom. The molecule has 1 saturated carbocycles. The summed E-state index contributed by atoms with van der Waals surface area (Å²) in [4.78, 5) is 27.8. The summed E-state index contributed by atoms with van der Waals surface area (Å²) in [5.41, 5.74) is 0.870. The van der Waals surface area contributed by atoms with Gasteiger partial charge in [-0.2, -0.15) is 5.10 Å². The van der Waals surface area contributed by atoms with Crippen LogP contribution in [0.3, 0.4) is 0 Å². The molecular formula is C23H21ClFN3O2. The summed E-state index contributed by atoms with van der Waals surface area (Å²) in [6, 6.07) is 14.5. The zero-order valence-corrected chi connectivity index (χ0v) is 17.4. The second-order valence-electron chi connectivity index (χ2n) is 7.53. The number of nitrogens with zero attached hydrogens (tertiary/aromatic N) is 3. The zero-order valence-electron chi connectivity index (χ0n) is 16.7. The molecule has 3 aromatic rings. The zero-order chi connectivity index (χ0) is 21.4. The number of aromatic nitrogens is 2. The number of para-hydroxylation sites is 1. The summed E-state index contributed by atoms with van der Waals surface area (Å²) in [7, 11) is 0. The van der Waals surface area contributed by atoms with E-state index in [1.54, 1.807) is 42.2 Å². The standard InChI is InChI=1S/C23H21ClFN3O2/c1-14-13-21(29)22(26-28(14)20-6-4-3-5-19(20)25)23(30)27(18-11-12-18)15(2)16-7-9-17(24)10-8-16/h3-10,13,15,18H,11-12H2,1-2H3. The van der Waals surface area contributed by atoms with Crippen LogP contribution in [0.4, 0.5) is 4.39 Å². The second-order valence-corrected chi connectivity index (χ2v) is 7.97. The van der Waals surface area contributed by atoms with E-state index >= 15 is 0 Å². The van der Waals surface area contributed by atoms with Gasteiger partial charge in [0.25, 0.3) is 5.91 Å². The molecule has 4 rings (SSSR count). The largest absolute Gasteiger partial charge is 0.327 e. The first-order valence-corrected chi connectivity index (χ1v) is 10.2. The van der Waals surface area contributed by atoms with Gasteiger partial charge in [0, 0.05) is 22.8 Å². The van der Waals surface area contributed by atoms with Crippen molar-refractivity contribution >= 4 is 17.5 Å². The topological polar surface area (TPSA) is 55.2 Å². The predicted octanol–water partition coefficient (Wildman–Crippen LogP) is 4.70. The Kier molecular flexibility index (Phi) is 5.43. The Bertz CT molecular complexity index is 1160. The van der Waals surface area contributed by atoms with Gasteiger partial charge in [-0.3, -0.25) is 9.59 Å². The van der Waals surface area contributed by atoms with Crippen molar-refractivity contribution in [3.63, 3.8) is 0 Å². The van der Waals surface area contributed by atoms with Crippen molar-refractivity contribution in [3.05, 3.63) is 92.6 Å².